The van der Waals surface area contributed by atoms with E-state index in [0.717, 1.165) is 23.1 Å². The number of benzene rings is 7. The molecule has 1 aromatic heterocycles. The monoisotopic (exact) mass is 723 g/mol. The Labute approximate surface area is 330 Å². The molecule has 0 atom stereocenters. The van der Waals surface area contributed by atoms with E-state index < -0.39 is 0 Å². The minimum atomic E-state index is -0.201. The Bertz CT molecular complexity index is 2770. The molecule has 0 radical (unpaired) electrons. The van der Waals surface area contributed by atoms with Gasteiger partial charge >= 0.3 is 0 Å². The van der Waals surface area contributed by atoms with Gasteiger partial charge in [0.15, 0.2) is 17.5 Å². The molecule has 56 heavy (non-hydrogen) atoms. The minimum Gasteiger partial charge on any atom is -0.208 e. The second kappa shape index (κ2) is 12.4. The smallest absolute Gasteiger partial charge is 0.164 e. The molecule has 3 nitrogen and oxygen atoms in total. The van der Waals surface area contributed by atoms with Gasteiger partial charge in [0.25, 0.3) is 0 Å². The molecule has 8 aromatic rings. The van der Waals surface area contributed by atoms with Gasteiger partial charge in [-0.3, -0.25) is 0 Å². The van der Waals surface area contributed by atoms with Crippen molar-refractivity contribution < 1.29 is 0 Å². The number of rotatable bonds is 4. The molecule has 7 aromatic carbocycles. The molecule has 10 rings (SSSR count). The quantitative estimate of drug-likeness (QED) is 0.181. The van der Waals surface area contributed by atoms with E-state index in [1.54, 1.807) is 0 Å². The number of hydrogen-bond acceptors (Lipinski definition) is 3. The van der Waals surface area contributed by atoms with E-state index in [1.165, 1.54) is 66.4 Å². The third kappa shape index (κ3) is 5.14. The van der Waals surface area contributed by atoms with Crippen LogP contribution in [0.15, 0.2) is 152 Å². The largest absolute Gasteiger partial charge is 0.208 e. The van der Waals surface area contributed by atoms with Crippen molar-refractivity contribution in [3.63, 3.8) is 0 Å². The molecular formula is C53H45N3. The molecule has 0 unspecified atom stereocenters. The topological polar surface area (TPSA) is 38.7 Å². The molecule has 0 amide bonds. The van der Waals surface area contributed by atoms with Gasteiger partial charge in [0, 0.05) is 22.1 Å². The summed E-state index contributed by atoms with van der Waals surface area (Å²) in [5.74, 6) is 1.99. The van der Waals surface area contributed by atoms with Crippen LogP contribution in [-0.4, -0.2) is 15.0 Å². The first kappa shape index (κ1) is 34.3. The maximum atomic E-state index is 4.97. The van der Waals surface area contributed by atoms with Crippen molar-refractivity contribution in [1.82, 2.24) is 15.0 Å². The predicted octanol–water partition coefficient (Wildman–Crippen LogP) is 13.5. The van der Waals surface area contributed by atoms with E-state index >= 15 is 0 Å². The molecule has 3 heteroatoms. The number of hydrogen-bond donors (Lipinski definition) is 0. The molecule has 1 heterocycles. The van der Waals surface area contributed by atoms with E-state index in [4.69, 9.17) is 15.0 Å². The lowest BCUT2D eigenvalue weighted by Gasteiger charge is -2.43. The average Bonchev–Trinajstić information content (AvgIpc) is 3.42. The Morgan fingerprint density at radius 1 is 0.411 bits per heavy atom. The third-order valence-corrected chi connectivity index (χ3v) is 13.2. The van der Waals surface area contributed by atoms with Gasteiger partial charge < -0.3 is 0 Å². The van der Waals surface area contributed by atoms with Gasteiger partial charge in [-0.25, -0.2) is 15.0 Å². The van der Waals surface area contributed by atoms with Gasteiger partial charge in [0.2, 0.25) is 0 Å². The van der Waals surface area contributed by atoms with Crippen molar-refractivity contribution in [1.29, 1.82) is 0 Å². The number of nitrogens with zero attached hydrogens (tertiary/aromatic N) is 3. The van der Waals surface area contributed by atoms with Gasteiger partial charge in [-0.15, -0.1) is 0 Å². The summed E-state index contributed by atoms with van der Waals surface area (Å²) in [6.45, 7) is 14.8. The van der Waals surface area contributed by atoms with Crippen LogP contribution < -0.4 is 0 Å². The van der Waals surface area contributed by atoms with Gasteiger partial charge in [0.1, 0.15) is 0 Å². The molecule has 272 valence electrons. The van der Waals surface area contributed by atoms with Crippen molar-refractivity contribution in [2.24, 2.45) is 5.41 Å². The highest BCUT2D eigenvalue weighted by molar-refractivity contribution is 6.09. The highest BCUT2D eigenvalue weighted by atomic mass is 15.0. The Hall–Kier alpha value is -6.19. The summed E-state index contributed by atoms with van der Waals surface area (Å²) in [6, 6.07) is 54.5. The van der Waals surface area contributed by atoms with Crippen LogP contribution in [0.4, 0.5) is 0 Å². The Balaban J connectivity index is 1.12. The van der Waals surface area contributed by atoms with Crippen LogP contribution in [0, 0.1) is 5.41 Å². The van der Waals surface area contributed by atoms with Crippen molar-refractivity contribution in [3.05, 3.63) is 174 Å². The fourth-order valence-electron chi connectivity index (χ4n) is 9.56. The second-order valence-electron chi connectivity index (χ2n) is 17.4. The maximum Gasteiger partial charge on any atom is 0.164 e. The van der Waals surface area contributed by atoms with Crippen molar-refractivity contribution >= 4 is 10.8 Å². The van der Waals surface area contributed by atoms with Gasteiger partial charge in [-0.1, -0.05) is 187 Å². The molecule has 0 aliphatic heterocycles. The highest BCUT2D eigenvalue weighted by Crippen LogP contribution is 2.62. The molecular weight excluding hydrogens is 679 g/mol. The molecule has 0 spiro atoms. The summed E-state index contributed by atoms with van der Waals surface area (Å²) >= 11 is 0. The third-order valence-electron chi connectivity index (χ3n) is 13.2. The van der Waals surface area contributed by atoms with Crippen molar-refractivity contribution in [2.45, 2.75) is 58.8 Å². The summed E-state index contributed by atoms with van der Waals surface area (Å²) in [5.41, 5.74) is 16.4. The van der Waals surface area contributed by atoms with E-state index in [9.17, 15) is 0 Å². The van der Waals surface area contributed by atoms with E-state index in [2.05, 4.69) is 133 Å². The van der Waals surface area contributed by atoms with E-state index in [1.807, 2.05) is 60.7 Å². The first-order valence-corrected chi connectivity index (χ1v) is 19.8. The molecule has 2 aliphatic rings. The zero-order valence-electron chi connectivity index (χ0n) is 33.0. The van der Waals surface area contributed by atoms with Crippen LogP contribution in [0.25, 0.3) is 78.3 Å². The van der Waals surface area contributed by atoms with Crippen LogP contribution in [0.5, 0.6) is 0 Å². The second-order valence-corrected chi connectivity index (χ2v) is 17.4. The molecule has 0 saturated carbocycles. The summed E-state index contributed by atoms with van der Waals surface area (Å²) < 4.78 is 0. The maximum absolute atomic E-state index is 4.97. The lowest BCUT2D eigenvalue weighted by Crippen LogP contribution is -2.38. The van der Waals surface area contributed by atoms with Crippen LogP contribution >= 0.6 is 0 Å². The zero-order valence-corrected chi connectivity index (χ0v) is 33.0. The van der Waals surface area contributed by atoms with Crippen LogP contribution in [-0.2, 0) is 17.3 Å². The highest BCUT2D eigenvalue weighted by Gasteiger charge is 2.49. The lowest BCUT2D eigenvalue weighted by atomic mass is 9.60. The normalized spacial score (nSPS) is 15.7. The van der Waals surface area contributed by atoms with Crippen LogP contribution in [0.1, 0.15) is 63.8 Å². The minimum absolute atomic E-state index is 0.0292. The van der Waals surface area contributed by atoms with Crippen LogP contribution in [0.3, 0.4) is 0 Å². The summed E-state index contributed by atoms with van der Waals surface area (Å²) in [7, 11) is 0. The van der Waals surface area contributed by atoms with Gasteiger partial charge in [0.05, 0.1) is 0 Å². The molecule has 0 saturated heterocycles. The lowest BCUT2D eigenvalue weighted by molar-refractivity contribution is 0.199. The summed E-state index contributed by atoms with van der Waals surface area (Å²) in [4.78, 5) is 14.8. The zero-order chi connectivity index (χ0) is 38.4. The molecule has 0 fully saturated rings. The predicted molar refractivity (Wildman–Crippen MR) is 233 cm³/mol. The number of fused-ring (bicyclic) bond motifs is 10. The van der Waals surface area contributed by atoms with E-state index in [0.29, 0.717) is 17.5 Å². The fraction of sp³-hybridized carbons (Fsp3) is 0.189. The first-order chi connectivity index (χ1) is 27.0. The summed E-state index contributed by atoms with van der Waals surface area (Å²) in [6.07, 6.45) is 1.03. The standard InChI is InChI=1S/C53H45N3/c1-51(2)32-38-21-13-14-22-39(38)44-40-23-15-16-24-41(40)46-45(47(44)53(51,5)6)42-30-29-37(31-43(42)52(46,3)4)33-25-27-36(28-26-33)50-55-48(34-17-9-7-10-18-34)54-49(56-50)35-19-11-8-12-20-35/h7-31H,32H2,1-6H3. The Morgan fingerprint density at radius 3 is 1.54 bits per heavy atom. The molecule has 2 aliphatic carbocycles. The van der Waals surface area contributed by atoms with Gasteiger partial charge in [-0.05, 0) is 89.7 Å². The molecule has 0 N–H and O–H groups in total. The fourth-order valence-corrected chi connectivity index (χ4v) is 9.56. The van der Waals surface area contributed by atoms with E-state index in [-0.39, 0.29) is 16.2 Å². The first-order valence-electron chi connectivity index (χ1n) is 19.8. The number of aromatic nitrogens is 3. The van der Waals surface area contributed by atoms with Crippen molar-refractivity contribution in [3.8, 4) is 67.5 Å². The Morgan fingerprint density at radius 2 is 0.911 bits per heavy atom. The van der Waals surface area contributed by atoms with Crippen molar-refractivity contribution in [2.75, 3.05) is 0 Å². The van der Waals surface area contributed by atoms with Crippen LogP contribution in [0.2, 0.25) is 0 Å². The molecule has 0 bridgehead atoms. The van der Waals surface area contributed by atoms with Gasteiger partial charge in [-0.2, -0.15) is 0 Å². The Kier molecular flexibility index (Phi) is 7.60. The SMILES string of the molecule is CC1(C)c2cc(-c3ccc(-c4nc(-c5ccccc5)nc(-c5ccccc5)n4)cc3)ccc2-c2c3c(c4ccccc4c21)-c1ccccc1CC(C)(C)C3(C)C. The summed E-state index contributed by atoms with van der Waals surface area (Å²) in [5, 5.41) is 2.72. The average molecular weight is 724 g/mol.